The maximum atomic E-state index is 9.93. The fourth-order valence-electron chi connectivity index (χ4n) is 2.11. The molecule has 1 aromatic rings. The molecule has 1 fully saturated rings. The van der Waals surface area contributed by atoms with Gasteiger partial charge in [0.25, 0.3) is 0 Å². The first-order valence-corrected chi connectivity index (χ1v) is 6.28. The van der Waals surface area contributed by atoms with E-state index in [1.54, 1.807) is 7.11 Å². The third kappa shape index (κ3) is 3.55. The standard InChI is InChI=1S/C15H22O2/c1-14(2,17-3)10-12-5-4-6-13(9-12)11-15(16)7-8-15/h4-6,9,16H,7-8,10-11H2,1-3H3. The van der Waals surface area contributed by atoms with Gasteiger partial charge in [-0.05, 0) is 37.8 Å². The van der Waals surface area contributed by atoms with Gasteiger partial charge in [0.05, 0.1) is 11.2 Å². The summed E-state index contributed by atoms with van der Waals surface area (Å²) in [6, 6.07) is 8.49. The van der Waals surface area contributed by atoms with E-state index in [-0.39, 0.29) is 5.60 Å². The van der Waals surface area contributed by atoms with Crippen LogP contribution in [0.1, 0.15) is 37.8 Å². The molecule has 1 N–H and O–H groups in total. The number of rotatable bonds is 5. The van der Waals surface area contributed by atoms with Gasteiger partial charge in [-0.1, -0.05) is 24.3 Å². The van der Waals surface area contributed by atoms with Crippen LogP contribution in [0, 0.1) is 0 Å². The van der Waals surface area contributed by atoms with Crippen molar-refractivity contribution < 1.29 is 9.84 Å². The van der Waals surface area contributed by atoms with Crippen LogP contribution in [0.4, 0.5) is 0 Å². The molecule has 0 amide bonds. The highest BCUT2D eigenvalue weighted by Gasteiger charge is 2.40. The topological polar surface area (TPSA) is 29.5 Å². The Morgan fingerprint density at radius 2 is 1.94 bits per heavy atom. The first-order valence-electron chi connectivity index (χ1n) is 6.28. The van der Waals surface area contributed by atoms with Crippen LogP contribution in [-0.2, 0) is 17.6 Å². The van der Waals surface area contributed by atoms with Crippen LogP contribution >= 0.6 is 0 Å². The lowest BCUT2D eigenvalue weighted by molar-refractivity contribution is 0.0232. The summed E-state index contributed by atoms with van der Waals surface area (Å²) in [5.74, 6) is 0. The van der Waals surface area contributed by atoms with Crippen LogP contribution in [0.25, 0.3) is 0 Å². The SMILES string of the molecule is COC(C)(C)Cc1cccc(CC2(O)CC2)c1. The van der Waals surface area contributed by atoms with Crippen molar-refractivity contribution in [1.29, 1.82) is 0 Å². The number of methoxy groups -OCH3 is 1. The lowest BCUT2D eigenvalue weighted by Crippen LogP contribution is -2.25. The molecule has 0 heterocycles. The maximum Gasteiger partial charge on any atom is 0.0690 e. The van der Waals surface area contributed by atoms with Gasteiger partial charge >= 0.3 is 0 Å². The Morgan fingerprint density at radius 1 is 1.29 bits per heavy atom. The fraction of sp³-hybridized carbons (Fsp3) is 0.600. The zero-order chi connectivity index (χ0) is 12.5. The van der Waals surface area contributed by atoms with Crippen LogP contribution in [0.3, 0.4) is 0 Å². The molecule has 2 heteroatoms. The molecule has 0 atom stereocenters. The van der Waals surface area contributed by atoms with E-state index in [9.17, 15) is 5.11 Å². The minimum absolute atomic E-state index is 0.130. The second-order valence-corrected chi connectivity index (χ2v) is 5.86. The van der Waals surface area contributed by atoms with E-state index in [0.717, 1.165) is 25.7 Å². The van der Waals surface area contributed by atoms with E-state index in [1.165, 1.54) is 11.1 Å². The Hall–Kier alpha value is -0.860. The molecule has 0 unspecified atom stereocenters. The summed E-state index contributed by atoms with van der Waals surface area (Å²) in [5, 5.41) is 9.93. The molecule has 0 bridgehead atoms. The molecule has 17 heavy (non-hydrogen) atoms. The van der Waals surface area contributed by atoms with Gasteiger partial charge in [0.15, 0.2) is 0 Å². The highest BCUT2D eigenvalue weighted by Crippen LogP contribution is 2.38. The number of ether oxygens (including phenoxy) is 1. The summed E-state index contributed by atoms with van der Waals surface area (Å²) < 4.78 is 5.45. The van der Waals surface area contributed by atoms with E-state index in [0.29, 0.717) is 0 Å². The molecule has 0 radical (unpaired) electrons. The molecule has 2 nitrogen and oxygen atoms in total. The van der Waals surface area contributed by atoms with Crippen LogP contribution in [0.2, 0.25) is 0 Å². The molecule has 2 rings (SSSR count). The van der Waals surface area contributed by atoms with Gasteiger partial charge in [-0.3, -0.25) is 0 Å². The minimum Gasteiger partial charge on any atom is -0.390 e. The van der Waals surface area contributed by atoms with Gasteiger partial charge in [0.2, 0.25) is 0 Å². The van der Waals surface area contributed by atoms with Crippen LogP contribution in [0.15, 0.2) is 24.3 Å². The Morgan fingerprint density at radius 3 is 2.53 bits per heavy atom. The zero-order valence-corrected chi connectivity index (χ0v) is 11.0. The quantitative estimate of drug-likeness (QED) is 0.849. The van der Waals surface area contributed by atoms with Crippen molar-refractivity contribution in [3.8, 4) is 0 Å². The van der Waals surface area contributed by atoms with Crippen molar-refractivity contribution in [2.75, 3.05) is 7.11 Å². The van der Waals surface area contributed by atoms with Crippen LogP contribution < -0.4 is 0 Å². The minimum atomic E-state index is -0.407. The van der Waals surface area contributed by atoms with Crippen molar-refractivity contribution in [3.63, 3.8) is 0 Å². The van der Waals surface area contributed by atoms with Crippen LogP contribution in [-0.4, -0.2) is 23.4 Å². The van der Waals surface area contributed by atoms with Gasteiger partial charge in [0.1, 0.15) is 0 Å². The molecule has 94 valence electrons. The van der Waals surface area contributed by atoms with Gasteiger partial charge < -0.3 is 9.84 Å². The third-order valence-electron chi connectivity index (χ3n) is 3.53. The molecule has 1 aliphatic carbocycles. The second kappa shape index (κ2) is 4.43. The van der Waals surface area contributed by atoms with Gasteiger partial charge in [-0.15, -0.1) is 0 Å². The normalized spacial score (nSPS) is 18.1. The van der Waals surface area contributed by atoms with Crippen molar-refractivity contribution in [3.05, 3.63) is 35.4 Å². The molecule has 0 saturated heterocycles. The Bertz CT molecular complexity index is 392. The smallest absolute Gasteiger partial charge is 0.0690 e. The summed E-state index contributed by atoms with van der Waals surface area (Å²) in [5.41, 5.74) is 1.97. The summed E-state index contributed by atoms with van der Waals surface area (Å²) in [7, 11) is 1.75. The molecule has 1 aromatic carbocycles. The molecule has 1 saturated carbocycles. The molecular formula is C15H22O2. The van der Waals surface area contributed by atoms with E-state index in [4.69, 9.17) is 4.74 Å². The second-order valence-electron chi connectivity index (χ2n) is 5.86. The van der Waals surface area contributed by atoms with E-state index < -0.39 is 5.60 Å². The maximum absolute atomic E-state index is 9.93. The fourth-order valence-corrected chi connectivity index (χ4v) is 2.11. The van der Waals surface area contributed by atoms with Gasteiger partial charge in [0, 0.05) is 20.0 Å². The van der Waals surface area contributed by atoms with Crippen LogP contribution in [0.5, 0.6) is 0 Å². The summed E-state index contributed by atoms with van der Waals surface area (Å²) in [6.45, 7) is 4.18. The molecular weight excluding hydrogens is 212 g/mol. The van der Waals surface area contributed by atoms with Crippen molar-refractivity contribution in [2.45, 2.75) is 50.7 Å². The molecule has 0 aromatic heterocycles. The zero-order valence-electron chi connectivity index (χ0n) is 11.0. The summed E-state index contributed by atoms with van der Waals surface area (Å²) in [6.07, 6.45) is 3.58. The summed E-state index contributed by atoms with van der Waals surface area (Å²) >= 11 is 0. The van der Waals surface area contributed by atoms with Crippen molar-refractivity contribution >= 4 is 0 Å². The molecule has 0 spiro atoms. The average Bonchev–Trinajstić information content (AvgIpc) is 2.96. The van der Waals surface area contributed by atoms with Gasteiger partial charge in [-0.25, -0.2) is 0 Å². The van der Waals surface area contributed by atoms with Gasteiger partial charge in [-0.2, -0.15) is 0 Å². The lowest BCUT2D eigenvalue weighted by Gasteiger charge is -2.23. The highest BCUT2D eigenvalue weighted by atomic mass is 16.5. The largest absolute Gasteiger partial charge is 0.390 e. The van der Waals surface area contributed by atoms with Crippen molar-refractivity contribution in [1.82, 2.24) is 0 Å². The first-order chi connectivity index (χ1) is 7.92. The predicted octanol–water partition coefficient (Wildman–Crippen LogP) is 2.72. The number of benzene rings is 1. The number of aliphatic hydroxyl groups is 1. The van der Waals surface area contributed by atoms with E-state index in [1.807, 2.05) is 0 Å². The van der Waals surface area contributed by atoms with Crippen molar-refractivity contribution in [2.24, 2.45) is 0 Å². The molecule has 1 aliphatic rings. The summed E-state index contributed by atoms with van der Waals surface area (Å²) in [4.78, 5) is 0. The van der Waals surface area contributed by atoms with E-state index in [2.05, 4.69) is 38.1 Å². The Labute approximate surface area is 104 Å². The number of hydrogen-bond acceptors (Lipinski definition) is 2. The molecule has 0 aliphatic heterocycles. The predicted molar refractivity (Wildman–Crippen MR) is 69.1 cm³/mol. The van der Waals surface area contributed by atoms with E-state index >= 15 is 0 Å². The highest BCUT2D eigenvalue weighted by molar-refractivity contribution is 5.27. The third-order valence-corrected chi connectivity index (χ3v) is 3.53. The first kappa shape index (κ1) is 12.6. The Balaban J connectivity index is 2.06. The number of hydrogen-bond donors (Lipinski definition) is 1. The average molecular weight is 234 g/mol. The lowest BCUT2D eigenvalue weighted by atomic mass is 9.95. The Kier molecular flexibility index (Phi) is 3.28. The monoisotopic (exact) mass is 234 g/mol.